The Kier molecular flexibility index (Phi) is 3.82. The number of aryl methyl sites for hydroxylation is 1. The minimum absolute atomic E-state index is 0.335. The average molecular weight is 224 g/mol. The van der Waals surface area contributed by atoms with Crippen LogP contribution in [0.5, 0.6) is 5.75 Å². The van der Waals surface area contributed by atoms with E-state index in [0.717, 1.165) is 0 Å². The lowest BCUT2D eigenvalue weighted by Gasteiger charge is -2.10. The highest BCUT2D eigenvalue weighted by molar-refractivity contribution is 5.80. The molecule has 0 saturated carbocycles. The first-order chi connectivity index (χ1) is 7.56. The van der Waals surface area contributed by atoms with Gasteiger partial charge in [0.25, 0.3) is 5.69 Å². The van der Waals surface area contributed by atoms with E-state index in [1.165, 1.54) is 11.1 Å². The van der Waals surface area contributed by atoms with Crippen LogP contribution in [0.2, 0.25) is 0 Å². The van der Waals surface area contributed by atoms with E-state index in [4.69, 9.17) is 9.94 Å². The van der Waals surface area contributed by atoms with Crippen LogP contribution in [0.1, 0.15) is 5.69 Å². The standard InChI is InChI=1S/C10H13N3O3/c1-12(2)10(14)16-9-5-4-6-13(3)8(9)7-11-15/h4-7H,1-3H3/p+1. The molecule has 0 fully saturated rings. The Morgan fingerprint density at radius 3 is 2.88 bits per heavy atom. The van der Waals surface area contributed by atoms with Crippen molar-refractivity contribution in [3.63, 3.8) is 0 Å². The number of pyridine rings is 1. The van der Waals surface area contributed by atoms with Crippen LogP contribution in [0.25, 0.3) is 0 Å². The molecule has 86 valence electrons. The molecule has 1 heterocycles. The zero-order chi connectivity index (χ0) is 12.1. The molecular weight excluding hydrogens is 210 g/mol. The normalized spacial score (nSPS) is 10.4. The lowest BCUT2D eigenvalue weighted by molar-refractivity contribution is -0.672. The molecule has 0 aliphatic heterocycles. The number of nitrogens with zero attached hydrogens (tertiary/aromatic N) is 3. The Balaban J connectivity index is 3.04. The minimum atomic E-state index is -0.487. The third-order valence-corrected chi connectivity index (χ3v) is 1.93. The summed E-state index contributed by atoms with van der Waals surface area (Å²) < 4.78 is 6.78. The van der Waals surface area contributed by atoms with Crippen molar-refractivity contribution in [3.05, 3.63) is 24.0 Å². The van der Waals surface area contributed by atoms with Crippen molar-refractivity contribution in [2.75, 3.05) is 14.1 Å². The number of amides is 1. The van der Waals surface area contributed by atoms with Crippen LogP contribution in [0.3, 0.4) is 0 Å². The van der Waals surface area contributed by atoms with E-state index in [1.54, 1.807) is 44.0 Å². The van der Waals surface area contributed by atoms with Gasteiger partial charge in [-0.25, -0.2) is 4.79 Å². The molecule has 0 aliphatic rings. The summed E-state index contributed by atoms with van der Waals surface area (Å²) in [7, 11) is 4.93. The van der Waals surface area contributed by atoms with E-state index in [9.17, 15) is 4.79 Å². The SMILES string of the molecule is CN(C)C(=O)Oc1ccc[n+](C)c1/C=N/O. The molecule has 0 radical (unpaired) electrons. The molecule has 0 unspecified atom stereocenters. The van der Waals surface area contributed by atoms with Gasteiger partial charge in [0.1, 0.15) is 13.3 Å². The molecule has 16 heavy (non-hydrogen) atoms. The van der Waals surface area contributed by atoms with Crippen LogP contribution in [0.4, 0.5) is 4.79 Å². The molecule has 0 aromatic carbocycles. The molecule has 0 saturated heterocycles. The lowest BCUT2D eigenvalue weighted by atomic mass is 10.3. The van der Waals surface area contributed by atoms with Crippen molar-refractivity contribution in [1.29, 1.82) is 0 Å². The highest BCUT2D eigenvalue weighted by Gasteiger charge is 2.16. The number of carbonyl (C=O) groups excluding carboxylic acids is 1. The first kappa shape index (κ1) is 12.0. The van der Waals surface area contributed by atoms with Gasteiger partial charge in [0.2, 0.25) is 5.75 Å². The Morgan fingerprint density at radius 2 is 2.31 bits per heavy atom. The summed E-state index contributed by atoms with van der Waals surface area (Å²) in [5.74, 6) is 0.335. The van der Waals surface area contributed by atoms with Crippen molar-refractivity contribution in [2.24, 2.45) is 12.2 Å². The van der Waals surface area contributed by atoms with Crippen LogP contribution in [-0.4, -0.2) is 36.5 Å². The van der Waals surface area contributed by atoms with Crippen molar-refractivity contribution in [2.45, 2.75) is 0 Å². The Bertz CT molecular complexity index is 416. The molecule has 1 amide bonds. The van der Waals surface area contributed by atoms with Gasteiger partial charge in [0.15, 0.2) is 6.20 Å². The second kappa shape index (κ2) is 5.11. The summed E-state index contributed by atoms with van der Waals surface area (Å²) in [6.07, 6.45) is 2.47. The third kappa shape index (κ3) is 2.69. The van der Waals surface area contributed by atoms with Gasteiger partial charge >= 0.3 is 6.09 Å². The van der Waals surface area contributed by atoms with E-state index in [-0.39, 0.29) is 0 Å². The van der Waals surface area contributed by atoms with Crippen LogP contribution >= 0.6 is 0 Å². The van der Waals surface area contributed by atoms with Gasteiger partial charge in [0.05, 0.1) is 0 Å². The molecule has 0 aliphatic carbocycles. The fourth-order valence-corrected chi connectivity index (χ4v) is 1.08. The third-order valence-electron chi connectivity index (χ3n) is 1.93. The number of hydrogen-bond donors (Lipinski definition) is 1. The molecule has 6 heteroatoms. The quantitative estimate of drug-likeness (QED) is 0.342. The highest BCUT2D eigenvalue weighted by atomic mass is 16.6. The molecule has 1 aromatic rings. The van der Waals surface area contributed by atoms with Gasteiger partial charge in [-0.3, -0.25) is 0 Å². The summed E-state index contributed by atoms with van der Waals surface area (Å²) in [5, 5.41) is 11.4. The number of aromatic nitrogens is 1. The monoisotopic (exact) mass is 224 g/mol. The van der Waals surface area contributed by atoms with Gasteiger partial charge in [-0.15, -0.1) is 0 Å². The van der Waals surface area contributed by atoms with Crippen LogP contribution in [0, 0.1) is 0 Å². The average Bonchev–Trinajstić information content (AvgIpc) is 2.23. The number of oxime groups is 1. The first-order valence-corrected chi connectivity index (χ1v) is 4.61. The maximum absolute atomic E-state index is 11.4. The van der Waals surface area contributed by atoms with E-state index >= 15 is 0 Å². The Hall–Kier alpha value is -2.11. The maximum atomic E-state index is 11.4. The second-order valence-corrected chi connectivity index (χ2v) is 3.38. The van der Waals surface area contributed by atoms with E-state index in [1.807, 2.05) is 0 Å². The minimum Gasteiger partial charge on any atom is -0.411 e. The largest absolute Gasteiger partial charge is 0.414 e. The number of rotatable bonds is 2. The zero-order valence-corrected chi connectivity index (χ0v) is 9.41. The van der Waals surface area contributed by atoms with Crippen molar-refractivity contribution >= 4 is 12.3 Å². The molecule has 0 bridgehead atoms. The summed E-state index contributed by atoms with van der Waals surface area (Å²) in [6, 6.07) is 3.35. The van der Waals surface area contributed by atoms with Crippen molar-refractivity contribution in [1.82, 2.24) is 4.90 Å². The molecule has 0 spiro atoms. The number of carbonyl (C=O) groups is 1. The lowest BCUT2D eigenvalue weighted by Crippen LogP contribution is -2.35. The summed E-state index contributed by atoms with van der Waals surface area (Å²) >= 11 is 0. The fraction of sp³-hybridized carbons (Fsp3) is 0.300. The topological polar surface area (TPSA) is 66.0 Å². The summed E-state index contributed by atoms with van der Waals surface area (Å²) in [4.78, 5) is 12.7. The molecule has 1 rings (SSSR count). The predicted molar refractivity (Wildman–Crippen MR) is 56.7 cm³/mol. The van der Waals surface area contributed by atoms with Crippen molar-refractivity contribution in [3.8, 4) is 5.75 Å². The molecule has 6 nitrogen and oxygen atoms in total. The Morgan fingerprint density at radius 1 is 1.62 bits per heavy atom. The van der Waals surface area contributed by atoms with Crippen LogP contribution in [-0.2, 0) is 7.05 Å². The fourth-order valence-electron chi connectivity index (χ4n) is 1.08. The van der Waals surface area contributed by atoms with Gasteiger partial charge in [-0.05, 0) is 6.07 Å². The molecule has 1 aromatic heterocycles. The molecule has 1 N–H and O–H groups in total. The number of ether oxygens (including phenoxy) is 1. The Labute approximate surface area is 93.4 Å². The van der Waals surface area contributed by atoms with E-state index in [0.29, 0.717) is 11.4 Å². The second-order valence-electron chi connectivity index (χ2n) is 3.38. The van der Waals surface area contributed by atoms with Gasteiger partial charge in [-0.1, -0.05) is 5.16 Å². The maximum Gasteiger partial charge on any atom is 0.414 e. The zero-order valence-electron chi connectivity index (χ0n) is 9.41. The highest BCUT2D eigenvalue weighted by Crippen LogP contribution is 2.12. The van der Waals surface area contributed by atoms with E-state index < -0.39 is 6.09 Å². The van der Waals surface area contributed by atoms with Crippen LogP contribution in [0.15, 0.2) is 23.5 Å². The molecular formula is C10H14N3O3+. The first-order valence-electron chi connectivity index (χ1n) is 4.61. The summed E-state index contributed by atoms with van der Waals surface area (Å²) in [6.45, 7) is 0. The number of hydrogen-bond acceptors (Lipinski definition) is 4. The van der Waals surface area contributed by atoms with Crippen molar-refractivity contribution < 1.29 is 19.3 Å². The summed E-state index contributed by atoms with van der Waals surface area (Å²) in [5.41, 5.74) is 0.500. The predicted octanol–water partition coefficient (Wildman–Crippen LogP) is 0.380. The van der Waals surface area contributed by atoms with Gasteiger partial charge in [-0.2, -0.15) is 4.57 Å². The van der Waals surface area contributed by atoms with Gasteiger partial charge < -0.3 is 14.8 Å². The smallest absolute Gasteiger partial charge is 0.411 e. The van der Waals surface area contributed by atoms with Gasteiger partial charge in [0, 0.05) is 20.2 Å². The van der Waals surface area contributed by atoms with Crippen LogP contribution < -0.4 is 9.30 Å². The molecule has 0 atom stereocenters. The van der Waals surface area contributed by atoms with E-state index in [2.05, 4.69) is 5.16 Å².